The molecular weight excluding hydrogens is 1330 g/mol. The van der Waals surface area contributed by atoms with Crippen LogP contribution < -0.4 is 75.7 Å². The van der Waals surface area contributed by atoms with Crippen LogP contribution in [0.4, 0.5) is 0 Å². The first-order chi connectivity index (χ1) is 47.8. The van der Waals surface area contributed by atoms with Crippen molar-refractivity contribution in [3.63, 3.8) is 0 Å². The minimum absolute atomic E-state index is 0.0167. The van der Waals surface area contributed by atoms with Crippen LogP contribution in [0.3, 0.4) is 0 Å². The van der Waals surface area contributed by atoms with E-state index >= 15 is 0 Å². The van der Waals surface area contributed by atoms with Gasteiger partial charge in [-0.3, -0.25) is 76.7 Å². The number of nitrogens with one attached hydrogen (secondary N) is 12. The molecule has 0 bridgehead atoms. The summed E-state index contributed by atoms with van der Waals surface area (Å²) in [7, 11) is 0. The molecule has 2 heterocycles. The maximum Gasteiger partial charge on any atom is 0.322 e. The molecule has 102 heavy (non-hydrogen) atoms. The maximum atomic E-state index is 14.9. The highest BCUT2D eigenvalue weighted by Crippen LogP contribution is 2.22. The number of hydrogen-bond donors (Lipinski definition) is 18. The number of nitrogens with zero attached hydrogens (tertiary/aromatic N) is 1. The highest BCUT2D eigenvalue weighted by Gasteiger charge is 2.41. The summed E-state index contributed by atoms with van der Waals surface area (Å²) in [5.41, 5.74) is 17.0. The molecule has 0 unspecified atom stereocenters. The third-order valence-electron chi connectivity index (χ3n) is 16.3. The average molecular weight is 1430 g/mol. The molecule has 35 nitrogen and oxygen atoms in total. The molecule has 1 aliphatic rings. The third-order valence-corrected chi connectivity index (χ3v) is 16.3. The Bertz CT molecular complexity index is 3520. The van der Waals surface area contributed by atoms with E-state index < -0.39 is 211 Å². The number of aromatic amines is 1. The van der Waals surface area contributed by atoms with E-state index in [1.807, 2.05) is 0 Å². The van der Waals surface area contributed by atoms with E-state index in [9.17, 15) is 86.9 Å². The molecule has 0 aliphatic carbocycles. The number of nitrogens with two attached hydrogens (primary N) is 3. The second-order valence-electron chi connectivity index (χ2n) is 26.9. The normalized spacial score (nSPS) is 15.8. The van der Waals surface area contributed by atoms with Crippen LogP contribution in [0.25, 0.3) is 10.9 Å². The fourth-order valence-corrected chi connectivity index (χ4v) is 10.9. The number of amides is 14. The predicted octanol–water partition coefficient (Wildman–Crippen LogP) is -3.89. The number of fused-ring (bicyclic) bond motifs is 1. The number of primary amides is 2. The number of carboxylic acid groups (broad SMARTS) is 2. The van der Waals surface area contributed by atoms with E-state index in [4.69, 9.17) is 22.3 Å². The zero-order valence-electron chi connectivity index (χ0n) is 58.6. The van der Waals surface area contributed by atoms with Gasteiger partial charge in [0.1, 0.15) is 73.0 Å². The molecule has 14 amide bonds. The zero-order chi connectivity index (χ0) is 76.5. The molecule has 2 aromatic carbocycles. The van der Waals surface area contributed by atoms with Crippen molar-refractivity contribution < 1.29 is 92.0 Å². The van der Waals surface area contributed by atoms with Crippen molar-refractivity contribution in [1.82, 2.24) is 68.4 Å². The van der Waals surface area contributed by atoms with Crippen LogP contribution in [0.5, 0.6) is 0 Å². The number of aliphatic hydroxyl groups is 1. The first kappa shape index (κ1) is 83.8. The van der Waals surface area contributed by atoms with Gasteiger partial charge >= 0.3 is 11.9 Å². The molecule has 35 heteroatoms. The number of aliphatic hydroxyl groups excluding tert-OH is 1. The topological polar surface area (TPSA) is 563 Å². The standard InChI is InChI=1S/C67H98N16O19/c1-33(2)24-42(57(93)73-36(7)55(91)74-41(21-22-50(68)85)56(92)80-48(32-84)65(101)83-23-15-20-49(83)63(99)72-31-53(89)90)75-58(94)43(25-34(3)4)76-59(95)45(27-38-30-71-40-19-14-13-18-39(38)40)78-60(96)46(28-51(69)86)79-64(100)54(35(5)6)82-62(98)44(26-37-16-11-10-12-17-37)77-61(97)47(29-52(87)88)81-66(102)67(8,9)70/h10-14,16-19,30,33-36,41-49,54,71,84H,15,20-29,31-32,70H2,1-9H3,(H2,68,85)(H2,69,86)(H,72,99)(H,73,93)(H,74,91)(H,75,94)(H,76,95)(H,77,97)(H,78,96)(H,79,100)(H,80,92)(H,81,102)(H,82,98)(H,87,88)(H,89,90)/t36-,41-,42-,43-,44-,45-,46-,47-,48-,49-,54-/m0/s1. The van der Waals surface area contributed by atoms with E-state index in [0.717, 1.165) is 4.90 Å². The highest BCUT2D eigenvalue weighted by atomic mass is 16.4. The maximum absolute atomic E-state index is 14.9. The third kappa shape index (κ3) is 26.8. The number of para-hydroxylation sites is 1. The van der Waals surface area contributed by atoms with Gasteiger partial charge in [-0.1, -0.05) is 90.1 Å². The van der Waals surface area contributed by atoms with Crippen molar-refractivity contribution in [2.24, 2.45) is 35.0 Å². The van der Waals surface area contributed by atoms with Gasteiger partial charge in [0.2, 0.25) is 82.7 Å². The lowest BCUT2D eigenvalue weighted by atomic mass is 9.98. The van der Waals surface area contributed by atoms with Gasteiger partial charge in [0.25, 0.3) is 0 Å². The first-order valence-corrected chi connectivity index (χ1v) is 33.4. The Morgan fingerprint density at radius 1 is 0.549 bits per heavy atom. The van der Waals surface area contributed by atoms with Crippen LogP contribution in [0, 0.1) is 17.8 Å². The van der Waals surface area contributed by atoms with E-state index in [1.165, 1.54) is 34.6 Å². The van der Waals surface area contributed by atoms with Gasteiger partial charge in [-0.15, -0.1) is 0 Å². The van der Waals surface area contributed by atoms with Gasteiger partial charge in [-0.2, -0.15) is 0 Å². The van der Waals surface area contributed by atoms with E-state index in [2.05, 4.69) is 63.5 Å². The van der Waals surface area contributed by atoms with Gasteiger partial charge in [-0.05, 0) is 87.8 Å². The molecule has 11 atom stereocenters. The van der Waals surface area contributed by atoms with Gasteiger partial charge in [-0.25, -0.2) is 0 Å². The van der Waals surface area contributed by atoms with E-state index in [1.54, 1.807) is 88.5 Å². The second kappa shape index (κ2) is 39.4. The summed E-state index contributed by atoms with van der Waals surface area (Å²) >= 11 is 0. The number of benzene rings is 2. The molecule has 1 fully saturated rings. The Balaban J connectivity index is 1.59. The number of rotatable bonds is 41. The van der Waals surface area contributed by atoms with Crippen molar-refractivity contribution in [2.75, 3.05) is 19.7 Å². The molecule has 4 rings (SSSR count). The fraction of sp³-hybridized carbons (Fsp3) is 0.552. The van der Waals surface area contributed by atoms with Crippen molar-refractivity contribution in [3.8, 4) is 0 Å². The van der Waals surface area contributed by atoms with Crippen LogP contribution in [-0.4, -0.2) is 212 Å². The minimum atomic E-state index is -1.84. The molecule has 1 saturated heterocycles. The van der Waals surface area contributed by atoms with Crippen molar-refractivity contribution in [1.29, 1.82) is 0 Å². The second-order valence-corrected chi connectivity index (χ2v) is 26.9. The molecule has 1 aliphatic heterocycles. The number of H-pyrrole nitrogens is 1. The van der Waals surface area contributed by atoms with Gasteiger partial charge in [0, 0.05) is 42.9 Å². The summed E-state index contributed by atoms with van der Waals surface area (Å²) in [4.78, 5) is 220. The molecule has 560 valence electrons. The number of aliphatic carboxylic acids is 2. The van der Waals surface area contributed by atoms with Crippen LogP contribution in [-0.2, 0) is 89.6 Å². The van der Waals surface area contributed by atoms with Crippen molar-refractivity contribution in [2.45, 2.75) is 199 Å². The SMILES string of the molecule is CC(C)C[C@H](NC(=O)[C@H](CC(C)C)NC(=O)[C@H](Cc1c[nH]c2ccccc12)NC(=O)[C@H](CC(N)=O)NC(=O)[C@@H](NC(=O)[C@H](Cc1ccccc1)NC(=O)[C@H](CC(=O)O)NC(=O)C(C)(C)N)C(C)C)C(=O)N[C@@H](C)C(=O)N[C@@H](CCC(N)=O)C(=O)N[C@@H](CO)C(=O)N1CCC[C@H]1C(=O)NCC(=O)O. The number of carboxylic acids is 2. The van der Waals surface area contributed by atoms with E-state index in [-0.39, 0.29) is 50.5 Å². The van der Waals surface area contributed by atoms with Gasteiger partial charge in [0.15, 0.2) is 0 Å². The molecule has 0 radical (unpaired) electrons. The van der Waals surface area contributed by atoms with Gasteiger partial charge in [0.05, 0.1) is 25.0 Å². The number of hydrogen-bond acceptors (Lipinski definition) is 18. The Morgan fingerprint density at radius 2 is 1.04 bits per heavy atom. The lowest BCUT2D eigenvalue weighted by Crippen LogP contribution is -2.62. The number of carbonyl (C=O) groups excluding carboxylic acids is 14. The summed E-state index contributed by atoms with van der Waals surface area (Å²) in [5.74, 6) is -17.8. The van der Waals surface area contributed by atoms with E-state index in [0.29, 0.717) is 28.5 Å². The Kier molecular flexibility index (Phi) is 32.4. The fourth-order valence-electron chi connectivity index (χ4n) is 10.9. The highest BCUT2D eigenvalue weighted by molar-refractivity contribution is 6.01. The Morgan fingerprint density at radius 3 is 1.58 bits per heavy atom. The molecule has 0 spiro atoms. The van der Waals surface area contributed by atoms with Crippen molar-refractivity contribution >= 4 is 106 Å². The largest absolute Gasteiger partial charge is 0.481 e. The summed E-state index contributed by atoms with van der Waals surface area (Å²) in [6.07, 6.45) is -1.22. The summed E-state index contributed by atoms with van der Waals surface area (Å²) in [6.45, 7) is 12.2. The zero-order valence-corrected chi connectivity index (χ0v) is 58.6. The lowest BCUT2D eigenvalue weighted by molar-refractivity contribution is -0.143. The van der Waals surface area contributed by atoms with Crippen LogP contribution in [0.15, 0.2) is 60.8 Å². The summed E-state index contributed by atoms with van der Waals surface area (Å²) < 4.78 is 0. The van der Waals surface area contributed by atoms with Crippen molar-refractivity contribution in [3.05, 3.63) is 71.9 Å². The molecule has 0 saturated carbocycles. The first-order valence-electron chi connectivity index (χ1n) is 33.4. The molecule has 21 N–H and O–H groups in total. The number of carbonyl (C=O) groups is 16. The quantitative estimate of drug-likeness (QED) is 0.0258. The van der Waals surface area contributed by atoms with Crippen LogP contribution in [0.1, 0.15) is 125 Å². The monoisotopic (exact) mass is 1430 g/mol. The Hall–Kier alpha value is -10.6. The number of likely N-dealkylation sites (tertiary alicyclic amines) is 1. The minimum Gasteiger partial charge on any atom is -0.481 e. The smallest absolute Gasteiger partial charge is 0.322 e. The lowest BCUT2D eigenvalue weighted by Gasteiger charge is -2.29. The predicted molar refractivity (Wildman–Crippen MR) is 366 cm³/mol. The molecule has 3 aromatic rings. The van der Waals surface area contributed by atoms with Crippen LogP contribution >= 0.6 is 0 Å². The Labute approximate surface area is 589 Å². The molecular formula is C67H98N16O19. The summed E-state index contributed by atoms with van der Waals surface area (Å²) in [5, 5.41) is 56.7. The molecule has 1 aromatic heterocycles. The van der Waals surface area contributed by atoms with Gasteiger partial charge < -0.3 is 101 Å². The summed E-state index contributed by atoms with van der Waals surface area (Å²) in [6, 6.07) is -1.76. The average Bonchev–Trinajstić information content (AvgIpc) is 1.56. The van der Waals surface area contributed by atoms with Crippen LogP contribution in [0.2, 0.25) is 0 Å². The number of aromatic nitrogens is 1.